The topological polar surface area (TPSA) is 76.6 Å². The van der Waals surface area contributed by atoms with Crippen molar-refractivity contribution in [3.05, 3.63) is 29.8 Å². The Balaban J connectivity index is 1.82. The molecule has 0 aliphatic carbocycles. The summed E-state index contributed by atoms with van der Waals surface area (Å²) in [7, 11) is 1.79. The highest BCUT2D eigenvalue weighted by Crippen LogP contribution is 2.18. The lowest BCUT2D eigenvalue weighted by molar-refractivity contribution is 0.343. The molecule has 0 saturated heterocycles. The van der Waals surface area contributed by atoms with Gasteiger partial charge in [0.2, 0.25) is 5.16 Å². The summed E-state index contributed by atoms with van der Waals surface area (Å²) in [5, 5.41) is 20.8. The van der Waals surface area contributed by atoms with Gasteiger partial charge in [-0.2, -0.15) is 5.26 Å². The number of aryl methyl sites for hydroxylation is 1. The first kappa shape index (κ1) is 12.4. The molecule has 7 heteroatoms. The molecule has 0 atom stereocenters. The van der Waals surface area contributed by atoms with Crippen molar-refractivity contribution in [3.8, 4) is 11.8 Å². The molecular weight excluding hydrogens is 250 g/mol. The monoisotopic (exact) mass is 261 g/mol. The summed E-state index contributed by atoms with van der Waals surface area (Å²) in [4.78, 5) is 0. The fraction of sp³-hybridized carbons (Fsp3) is 0.273. The Morgan fingerprint density at radius 1 is 1.44 bits per heavy atom. The minimum Gasteiger partial charge on any atom is -0.491 e. The van der Waals surface area contributed by atoms with E-state index in [0.717, 1.165) is 5.16 Å². The Hall–Kier alpha value is -2.07. The van der Waals surface area contributed by atoms with Gasteiger partial charge in [0.15, 0.2) is 0 Å². The van der Waals surface area contributed by atoms with E-state index < -0.39 is 0 Å². The minimum atomic E-state index is 0.496. The lowest BCUT2D eigenvalue weighted by atomic mass is 10.2. The Bertz CT molecular complexity index is 563. The van der Waals surface area contributed by atoms with E-state index in [1.165, 1.54) is 11.8 Å². The van der Waals surface area contributed by atoms with Crippen LogP contribution >= 0.6 is 11.8 Å². The van der Waals surface area contributed by atoms with E-state index in [9.17, 15) is 0 Å². The molecule has 18 heavy (non-hydrogen) atoms. The zero-order chi connectivity index (χ0) is 12.8. The van der Waals surface area contributed by atoms with Crippen molar-refractivity contribution < 1.29 is 4.74 Å². The molecule has 2 rings (SSSR count). The number of para-hydroxylation sites is 1. The smallest absolute Gasteiger partial charge is 0.209 e. The van der Waals surface area contributed by atoms with Gasteiger partial charge in [0.05, 0.1) is 12.2 Å². The van der Waals surface area contributed by atoms with Gasteiger partial charge in [-0.05, 0) is 22.6 Å². The molecule has 0 aliphatic heterocycles. The van der Waals surface area contributed by atoms with Crippen LogP contribution in [0.15, 0.2) is 29.4 Å². The van der Waals surface area contributed by atoms with Crippen LogP contribution in [0.4, 0.5) is 0 Å². The van der Waals surface area contributed by atoms with E-state index in [-0.39, 0.29) is 0 Å². The summed E-state index contributed by atoms with van der Waals surface area (Å²) < 4.78 is 7.15. The molecular formula is C11H11N5OS. The average Bonchev–Trinajstić information content (AvgIpc) is 2.81. The number of hydrogen-bond acceptors (Lipinski definition) is 6. The van der Waals surface area contributed by atoms with Gasteiger partial charge in [-0.3, -0.25) is 0 Å². The van der Waals surface area contributed by atoms with Crippen LogP contribution in [0.5, 0.6) is 5.75 Å². The van der Waals surface area contributed by atoms with Crippen LogP contribution in [0.2, 0.25) is 0 Å². The zero-order valence-electron chi connectivity index (χ0n) is 9.78. The summed E-state index contributed by atoms with van der Waals surface area (Å²) >= 11 is 1.51. The number of aromatic nitrogens is 4. The van der Waals surface area contributed by atoms with Gasteiger partial charge in [-0.15, -0.1) is 5.10 Å². The highest BCUT2D eigenvalue weighted by atomic mass is 32.2. The minimum absolute atomic E-state index is 0.496. The SMILES string of the molecule is Cn1nnnc1SCCOc1ccccc1C#N. The number of nitriles is 1. The van der Waals surface area contributed by atoms with Crippen molar-refractivity contribution in [2.75, 3.05) is 12.4 Å². The molecule has 1 aromatic carbocycles. The van der Waals surface area contributed by atoms with E-state index in [0.29, 0.717) is 23.7 Å². The first-order chi connectivity index (χ1) is 8.81. The van der Waals surface area contributed by atoms with Crippen LogP contribution in [0.3, 0.4) is 0 Å². The van der Waals surface area contributed by atoms with Crippen LogP contribution in [-0.4, -0.2) is 32.6 Å². The summed E-state index contributed by atoms with van der Waals surface area (Å²) in [5.74, 6) is 1.32. The highest BCUT2D eigenvalue weighted by molar-refractivity contribution is 7.99. The fourth-order valence-corrected chi connectivity index (χ4v) is 1.98. The number of nitrogens with zero attached hydrogens (tertiary/aromatic N) is 5. The van der Waals surface area contributed by atoms with Crippen molar-refractivity contribution in [1.82, 2.24) is 20.2 Å². The third kappa shape index (κ3) is 2.99. The third-order valence-electron chi connectivity index (χ3n) is 2.16. The first-order valence-electron chi connectivity index (χ1n) is 5.28. The molecule has 0 fully saturated rings. The van der Waals surface area contributed by atoms with Gasteiger partial charge in [-0.25, -0.2) is 4.68 Å². The Labute approximate surface area is 109 Å². The third-order valence-corrected chi connectivity index (χ3v) is 3.14. The van der Waals surface area contributed by atoms with Crippen molar-refractivity contribution in [2.45, 2.75) is 5.16 Å². The van der Waals surface area contributed by atoms with E-state index in [4.69, 9.17) is 10.00 Å². The quantitative estimate of drug-likeness (QED) is 0.595. The molecule has 1 heterocycles. The molecule has 0 saturated carbocycles. The lowest BCUT2D eigenvalue weighted by Crippen LogP contribution is -2.03. The van der Waals surface area contributed by atoms with Gasteiger partial charge < -0.3 is 4.74 Å². The van der Waals surface area contributed by atoms with Crippen LogP contribution in [0, 0.1) is 11.3 Å². The fourth-order valence-electron chi connectivity index (χ4n) is 1.31. The van der Waals surface area contributed by atoms with Crippen molar-refractivity contribution in [1.29, 1.82) is 5.26 Å². The van der Waals surface area contributed by atoms with E-state index >= 15 is 0 Å². The summed E-state index contributed by atoms with van der Waals surface area (Å²) in [6.07, 6.45) is 0. The van der Waals surface area contributed by atoms with Gasteiger partial charge in [-0.1, -0.05) is 23.9 Å². The zero-order valence-corrected chi connectivity index (χ0v) is 10.6. The molecule has 0 amide bonds. The summed E-state index contributed by atoms with van der Waals surface area (Å²) in [6, 6.07) is 9.26. The van der Waals surface area contributed by atoms with Gasteiger partial charge >= 0.3 is 0 Å². The maximum Gasteiger partial charge on any atom is 0.209 e. The molecule has 92 valence electrons. The normalized spacial score (nSPS) is 10.0. The molecule has 0 aliphatic rings. The number of tetrazole rings is 1. The van der Waals surface area contributed by atoms with Gasteiger partial charge in [0, 0.05) is 12.8 Å². The molecule has 0 radical (unpaired) electrons. The highest BCUT2D eigenvalue weighted by Gasteiger charge is 2.04. The van der Waals surface area contributed by atoms with Crippen molar-refractivity contribution in [3.63, 3.8) is 0 Å². The van der Waals surface area contributed by atoms with Crippen LogP contribution in [0.25, 0.3) is 0 Å². The second-order valence-electron chi connectivity index (χ2n) is 3.39. The summed E-state index contributed by atoms with van der Waals surface area (Å²) in [6.45, 7) is 0.496. The predicted molar refractivity (Wildman–Crippen MR) is 66.2 cm³/mol. The van der Waals surface area contributed by atoms with E-state index in [1.807, 2.05) is 12.1 Å². The van der Waals surface area contributed by atoms with Crippen molar-refractivity contribution in [2.24, 2.45) is 7.05 Å². The molecule has 2 aromatic rings. The number of benzene rings is 1. The molecule has 1 aromatic heterocycles. The van der Waals surface area contributed by atoms with Crippen LogP contribution in [-0.2, 0) is 7.05 Å². The maximum absolute atomic E-state index is 8.90. The molecule has 6 nitrogen and oxygen atoms in total. The standard InChI is InChI=1S/C11H11N5OS/c1-16-11(13-14-15-16)18-7-6-17-10-5-3-2-4-9(10)8-12/h2-5H,6-7H2,1H3. The van der Waals surface area contributed by atoms with E-state index in [1.54, 1.807) is 23.9 Å². The maximum atomic E-state index is 8.90. The molecule has 0 unspecified atom stereocenters. The number of ether oxygens (including phenoxy) is 1. The molecule has 0 spiro atoms. The Kier molecular flexibility index (Phi) is 4.15. The first-order valence-corrected chi connectivity index (χ1v) is 6.27. The second-order valence-corrected chi connectivity index (χ2v) is 4.45. The number of rotatable bonds is 5. The van der Waals surface area contributed by atoms with Gasteiger partial charge in [0.1, 0.15) is 11.8 Å². The number of thioether (sulfide) groups is 1. The average molecular weight is 261 g/mol. The van der Waals surface area contributed by atoms with E-state index in [2.05, 4.69) is 21.6 Å². The lowest BCUT2D eigenvalue weighted by Gasteiger charge is -2.06. The molecule has 0 N–H and O–H groups in total. The Morgan fingerprint density at radius 3 is 3.00 bits per heavy atom. The second kappa shape index (κ2) is 6.02. The van der Waals surface area contributed by atoms with Gasteiger partial charge in [0.25, 0.3) is 0 Å². The largest absolute Gasteiger partial charge is 0.491 e. The van der Waals surface area contributed by atoms with Crippen LogP contribution in [0.1, 0.15) is 5.56 Å². The number of hydrogen-bond donors (Lipinski definition) is 0. The summed E-state index contributed by atoms with van der Waals surface area (Å²) in [5.41, 5.74) is 0.544. The molecule has 0 bridgehead atoms. The van der Waals surface area contributed by atoms with Crippen molar-refractivity contribution >= 4 is 11.8 Å². The van der Waals surface area contributed by atoms with Crippen LogP contribution < -0.4 is 4.74 Å². The Morgan fingerprint density at radius 2 is 2.28 bits per heavy atom. The predicted octanol–water partition coefficient (Wildman–Crippen LogP) is 1.25.